The highest BCUT2D eigenvalue weighted by Gasteiger charge is 2.32. The molecule has 96 valence electrons. The van der Waals surface area contributed by atoms with E-state index >= 15 is 0 Å². The zero-order valence-corrected chi connectivity index (χ0v) is 10.1. The maximum Gasteiger partial charge on any atom is 0.390 e. The van der Waals surface area contributed by atoms with Crippen LogP contribution in [0.4, 0.5) is 13.2 Å². The Balaban J connectivity index is 2.88. The smallest absolute Gasteiger partial charge is 0.310 e. The van der Waals surface area contributed by atoms with Gasteiger partial charge in [-0.1, -0.05) is 38.1 Å². The van der Waals surface area contributed by atoms with Gasteiger partial charge in [0.1, 0.15) is 0 Å². The van der Waals surface area contributed by atoms with Crippen molar-refractivity contribution in [3.05, 3.63) is 35.4 Å². The molecule has 0 aliphatic carbocycles. The molecule has 1 rings (SSSR count). The van der Waals surface area contributed by atoms with Gasteiger partial charge in [0.15, 0.2) is 0 Å². The first kappa shape index (κ1) is 14.0. The molecule has 0 amide bonds. The third-order valence-electron chi connectivity index (χ3n) is 2.65. The van der Waals surface area contributed by atoms with Crippen molar-refractivity contribution in [3.8, 4) is 0 Å². The van der Waals surface area contributed by atoms with Crippen molar-refractivity contribution in [1.82, 2.24) is 5.32 Å². The van der Waals surface area contributed by atoms with Crippen LogP contribution in [0.1, 0.15) is 37.4 Å². The Kier molecular flexibility index (Phi) is 5.00. The highest BCUT2D eigenvalue weighted by atomic mass is 19.4. The van der Waals surface area contributed by atoms with Crippen LogP contribution in [0.15, 0.2) is 24.3 Å². The van der Waals surface area contributed by atoms with E-state index in [0.29, 0.717) is 12.1 Å². The number of aryl methyl sites for hydroxylation is 1. The lowest BCUT2D eigenvalue weighted by Crippen LogP contribution is -2.26. The van der Waals surface area contributed by atoms with Gasteiger partial charge in [-0.05, 0) is 24.1 Å². The van der Waals surface area contributed by atoms with Crippen molar-refractivity contribution in [3.63, 3.8) is 0 Å². The summed E-state index contributed by atoms with van der Waals surface area (Å²) in [5.41, 5.74) is 1.77. The first-order chi connectivity index (χ1) is 7.96. The molecule has 0 bridgehead atoms. The predicted molar refractivity (Wildman–Crippen MR) is 62.9 cm³/mol. The van der Waals surface area contributed by atoms with Crippen molar-refractivity contribution in [2.24, 2.45) is 0 Å². The molecular weight excluding hydrogens is 227 g/mol. The minimum Gasteiger partial charge on any atom is -0.310 e. The lowest BCUT2D eigenvalue weighted by molar-refractivity contribution is -0.140. The second-order valence-electron chi connectivity index (χ2n) is 4.03. The van der Waals surface area contributed by atoms with E-state index in [2.05, 4.69) is 5.32 Å². The Morgan fingerprint density at radius 1 is 1.24 bits per heavy atom. The summed E-state index contributed by atoms with van der Waals surface area (Å²) in [5.74, 6) is 0. The number of alkyl halides is 3. The number of halogens is 3. The molecule has 0 saturated heterocycles. The summed E-state index contributed by atoms with van der Waals surface area (Å²) in [7, 11) is 0. The molecule has 0 fully saturated rings. The van der Waals surface area contributed by atoms with Crippen LogP contribution in [0.2, 0.25) is 0 Å². The number of hydrogen-bond donors (Lipinski definition) is 1. The Hall–Kier alpha value is -1.03. The van der Waals surface area contributed by atoms with Crippen LogP contribution in [0.25, 0.3) is 0 Å². The van der Waals surface area contributed by atoms with E-state index in [-0.39, 0.29) is 0 Å². The molecule has 4 heteroatoms. The molecule has 0 aromatic heterocycles. The van der Waals surface area contributed by atoms with Crippen molar-refractivity contribution < 1.29 is 13.2 Å². The Morgan fingerprint density at radius 3 is 2.47 bits per heavy atom. The summed E-state index contributed by atoms with van der Waals surface area (Å²) >= 11 is 0. The zero-order valence-electron chi connectivity index (χ0n) is 10.1. The maximum absolute atomic E-state index is 12.5. The highest BCUT2D eigenvalue weighted by Crippen LogP contribution is 2.29. The van der Waals surface area contributed by atoms with Gasteiger partial charge in [0.25, 0.3) is 0 Å². The fraction of sp³-hybridized carbons (Fsp3) is 0.538. The fourth-order valence-electron chi connectivity index (χ4n) is 1.82. The van der Waals surface area contributed by atoms with Crippen LogP contribution in [0.3, 0.4) is 0 Å². The number of hydrogen-bond acceptors (Lipinski definition) is 1. The lowest BCUT2D eigenvalue weighted by atomic mass is 10.00. The Bertz CT molecular complexity index is 347. The number of nitrogens with one attached hydrogen (secondary N) is 1. The molecule has 1 unspecified atom stereocenters. The number of rotatable bonds is 5. The zero-order chi connectivity index (χ0) is 12.9. The second kappa shape index (κ2) is 6.05. The van der Waals surface area contributed by atoms with E-state index in [1.807, 2.05) is 32.0 Å². The van der Waals surface area contributed by atoms with Crippen LogP contribution in [-0.2, 0) is 6.42 Å². The Labute approximate surface area is 100 Å². The summed E-state index contributed by atoms with van der Waals surface area (Å²) in [5, 5.41) is 2.89. The van der Waals surface area contributed by atoms with Crippen LogP contribution < -0.4 is 5.32 Å². The molecule has 0 heterocycles. The van der Waals surface area contributed by atoms with Crippen LogP contribution in [0.5, 0.6) is 0 Å². The SMILES string of the molecule is CCNC(CC(F)(F)F)c1cccc(CC)c1. The summed E-state index contributed by atoms with van der Waals surface area (Å²) in [6.45, 7) is 4.33. The molecular formula is C13H18F3N. The monoisotopic (exact) mass is 245 g/mol. The van der Waals surface area contributed by atoms with E-state index < -0.39 is 18.6 Å². The average molecular weight is 245 g/mol. The van der Waals surface area contributed by atoms with Gasteiger partial charge in [-0.25, -0.2) is 0 Å². The largest absolute Gasteiger partial charge is 0.390 e. The summed E-state index contributed by atoms with van der Waals surface area (Å²) in [4.78, 5) is 0. The molecule has 1 atom stereocenters. The topological polar surface area (TPSA) is 12.0 Å². The van der Waals surface area contributed by atoms with Crippen LogP contribution in [-0.4, -0.2) is 12.7 Å². The van der Waals surface area contributed by atoms with Gasteiger partial charge >= 0.3 is 6.18 Å². The van der Waals surface area contributed by atoms with Gasteiger partial charge in [0.2, 0.25) is 0 Å². The standard InChI is InChI=1S/C13H18F3N/c1-3-10-6-5-7-11(8-10)12(17-4-2)9-13(14,15)16/h5-8,12,17H,3-4,9H2,1-2H3. The van der Waals surface area contributed by atoms with Gasteiger partial charge in [-0.2, -0.15) is 13.2 Å². The molecule has 0 saturated carbocycles. The second-order valence-corrected chi connectivity index (χ2v) is 4.03. The molecule has 1 N–H and O–H groups in total. The third kappa shape index (κ3) is 4.77. The normalized spacial score (nSPS) is 13.7. The van der Waals surface area contributed by atoms with Crippen LogP contribution >= 0.6 is 0 Å². The van der Waals surface area contributed by atoms with E-state index in [9.17, 15) is 13.2 Å². The van der Waals surface area contributed by atoms with E-state index in [1.165, 1.54) is 0 Å². The van der Waals surface area contributed by atoms with Crippen molar-refractivity contribution in [2.45, 2.75) is 38.9 Å². The summed E-state index contributed by atoms with van der Waals surface area (Å²) in [6.07, 6.45) is -4.14. The van der Waals surface area contributed by atoms with Gasteiger partial charge in [0, 0.05) is 6.04 Å². The minimum atomic E-state index is -4.14. The van der Waals surface area contributed by atoms with Crippen molar-refractivity contribution in [2.75, 3.05) is 6.54 Å². The third-order valence-corrected chi connectivity index (χ3v) is 2.65. The summed E-state index contributed by atoms with van der Waals surface area (Å²) < 4.78 is 37.4. The van der Waals surface area contributed by atoms with Crippen molar-refractivity contribution >= 4 is 0 Å². The highest BCUT2D eigenvalue weighted by molar-refractivity contribution is 5.26. The molecule has 1 nitrogen and oxygen atoms in total. The molecule has 0 radical (unpaired) electrons. The molecule has 1 aromatic rings. The summed E-state index contributed by atoms with van der Waals surface area (Å²) in [6, 6.07) is 6.69. The quantitative estimate of drug-likeness (QED) is 0.830. The van der Waals surface area contributed by atoms with Gasteiger partial charge < -0.3 is 5.32 Å². The molecule has 0 aliphatic heterocycles. The Morgan fingerprint density at radius 2 is 1.94 bits per heavy atom. The molecule has 1 aromatic carbocycles. The maximum atomic E-state index is 12.5. The first-order valence-electron chi connectivity index (χ1n) is 5.85. The van der Waals surface area contributed by atoms with Crippen molar-refractivity contribution in [1.29, 1.82) is 0 Å². The lowest BCUT2D eigenvalue weighted by Gasteiger charge is -2.20. The fourth-order valence-corrected chi connectivity index (χ4v) is 1.82. The first-order valence-corrected chi connectivity index (χ1v) is 5.85. The molecule has 0 aliphatic rings. The number of benzene rings is 1. The van der Waals surface area contributed by atoms with Gasteiger partial charge in [-0.15, -0.1) is 0 Å². The van der Waals surface area contributed by atoms with E-state index in [4.69, 9.17) is 0 Å². The minimum absolute atomic E-state index is 0.525. The molecule has 17 heavy (non-hydrogen) atoms. The van der Waals surface area contributed by atoms with Gasteiger partial charge in [0.05, 0.1) is 6.42 Å². The van der Waals surface area contributed by atoms with E-state index in [1.54, 1.807) is 6.07 Å². The van der Waals surface area contributed by atoms with E-state index in [0.717, 1.165) is 12.0 Å². The van der Waals surface area contributed by atoms with Crippen LogP contribution in [0, 0.1) is 0 Å². The predicted octanol–water partition coefficient (Wildman–Crippen LogP) is 3.85. The average Bonchev–Trinajstić information content (AvgIpc) is 2.27. The van der Waals surface area contributed by atoms with Gasteiger partial charge in [-0.3, -0.25) is 0 Å². The molecule has 0 spiro atoms.